The van der Waals surface area contributed by atoms with Crippen LogP contribution in [-0.4, -0.2) is 42.4 Å². The fourth-order valence-corrected chi connectivity index (χ4v) is 4.00. The normalized spacial score (nSPS) is 20.0. The Bertz CT molecular complexity index is 907. The number of benzene rings is 2. The van der Waals surface area contributed by atoms with Crippen LogP contribution in [0.2, 0.25) is 0 Å². The van der Waals surface area contributed by atoms with Gasteiger partial charge in [-0.25, -0.2) is 0 Å². The topological polar surface area (TPSA) is 52.7 Å². The Morgan fingerprint density at radius 1 is 1.11 bits per heavy atom. The molecule has 1 unspecified atom stereocenters. The molecule has 2 aliphatic rings. The lowest BCUT2D eigenvalue weighted by molar-refractivity contribution is -0.120. The number of amides is 2. The second kappa shape index (κ2) is 7.98. The lowest BCUT2D eigenvalue weighted by Crippen LogP contribution is -2.45. The van der Waals surface area contributed by atoms with Gasteiger partial charge >= 0.3 is 0 Å². The van der Waals surface area contributed by atoms with E-state index in [0.29, 0.717) is 18.7 Å². The Kier molecular flexibility index (Phi) is 5.26. The van der Waals surface area contributed by atoms with Crippen molar-refractivity contribution in [3.8, 4) is 0 Å². The number of anilines is 2. The van der Waals surface area contributed by atoms with Crippen molar-refractivity contribution in [1.29, 1.82) is 0 Å². The van der Waals surface area contributed by atoms with Crippen LogP contribution < -0.4 is 10.2 Å². The molecule has 0 saturated heterocycles. The molecule has 0 spiro atoms. The monoisotopic (exact) mass is 375 g/mol. The van der Waals surface area contributed by atoms with Crippen molar-refractivity contribution in [2.45, 2.75) is 25.8 Å². The molecule has 2 heterocycles. The minimum atomic E-state index is -0.170. The number of hydrogen-bond acceptors (Lipinski definition) is 3. The highest BCUT2D eigenvalue weighted by Gasteiger charge is 2.30. The van der Waals surface area contributed by atoms with E-state index in [-0.39, 0.29) is 17.9 Å². The van der Waals surface area contributed by atoms with E-state index in [1.165, 1.54) is 11.1 Å². The lowest BCUT2D eigenvalue weighted by atomic mass is 9.99. The molecular formula is C23H25N3O2. The summed E-state index contributed by atoms with van der Waals surface area (Å²) in [6.07, 6.45) is 3.46. The molecule has 1 atom stereocenters. The van der Waals surface area contributed by atoms with E-state index < -0.39 is 0 Å². The van der Waals surface area contributed by atoms with Gasteiger partial charge in [0.1, 0.15) is 0 Å². The van der Waals surface area contributed by atoms with E-state index in [0.717, 1.165) is 25.2 Å². The van der Waals surface area contributed by atoms with Crippen LogP contribution in [0.4, 0.5) is 11.4 Å². The largest absolute Gasteiger partial charge is 0.324 e. The number of carbonyl (C=O) groups excluding carboxylic acids is 2. The maximum atomic E-state index is 13.2. The van der Waals surface area contributed by atoms with Crippen molar-refractivity contribution in [2.24, 2.45) is 0 Å². The molecule has 5 heteroatoms. The summed E-state index contributed by atoms with van der Waals surface area (Å²) in [6, 6.07) is 17.8. The van der Waals surface area contributed by atoms with Gasteiger partial charge in [-0.05, 0) is 36.6 Å². The smallest absolute Gasteiger partial charge is 0.241 e. The maximum Gasteiger partial charge on any atom is 0.241 e. The number of para-hydroxylation sites is 2. The first-order chi connectivity index (χ1) is 13.6. The standard InChI is InChI=1S/C23H25N3O2/c1-17-15-22(27)24-20-9-5-6-10-21(20)26(17)23(28)16-25-13-11-19(12-14-25)18-7-3-2-4-8-18/h2-11,17H,12-16H2,1H3,(H,24,27). The van der Waals surface area contributed by atoms with Crippen molar-refractivity contribution in [1.82, 2.24) is 4.90 Å². The SMILES string of the molecule is CC1CC(=O)Nc2ccccc2N1C(=O)CN1CC=C(c2ccccc2)CC1. The van der Waals surface area contributed by atoms with Crippen LogP contribution in [0.1, 0.15) is 25.3 Å². The number of carbonyl (C=O) groups is 2. The van der Waals surface area contributed by atoms with E-state index in [9.17, 15) is 9.59 Å². The molecule has 0 aliphatic carbocycles. The van der Waals surface area contributed by atoms with E-state index >= 15 is 0 Å². The van der Waals surface area contributed by atoms with E-state index in [1.54, 1.807) is 4.90 Å². The highest BCUT2D eigenvalue weighted by atomic mass is 16.2. The van der Waals surface area contributed by atoms with Crippen molar-refractivity contribution < 1.29 is 9.59 Å². The number of nitrogens with one attached hydrogen (secondary N) is 1. The Morgan fingerprint density at radius 3 is 2.61 bits per heavy atom. The second-order valence-corrected chi connectivity index (χ2v) is 7.46. The van der Waals surface area contributed by atoms with Crippen molar-refractivity contribution in [3.63, 3.8) is 0 Å². The fraction of sp³-hybridized carbons (Fsp3) is 0.304. The zero-order valence-corrected chi connectivity index (χ0v) is 16.1. The Labute approximate surface area is 165 Å². The van der Waals surface area contributed by atoms with E-state index in [4.69, 9.17) is 0 Å². The third kappa shape index (κ3) is 3.85. The van der Waals surface area contributed by atoms with E-state index in [2.05, 4.69) is 40.6 Å². The predicted molar refractivity (Wildman–Crippen MR) is 112 cm³/mol. The molecule has 2 aromatic carbocycles. The van der Waals surface area contributed by atoms with Gasteiger partial charge in [-0.2, -0.15) is 0 Å². The van der Waals surface area contributed by atoms with Crippen molar-refractivity contribution in [3.05, 3.63) is 66.2 Å². The molecule has 1 N–H and O–H groups in total. The van der Waals surface area contributed by atoms with Gasteiger partial charge in [0.25, 0.3) is 0 Å². The first-order valence-electron chi connectivity index (χ1n) is 9.79. The number of rotatable bonds is 3. The minimum absolute atomic E-state index is 0.0352. The molecule has 0 saturated carbocycles. The molecule has 28 heavy (non-hydrogen) atoms. The summed E-state index contributed by atoms with van der Waals surface area (Å²) in [7, 11) is 0. The zero-order valence-electron chi connectivity index (χ0n) is 16.1. The Hall–Kier alpha value is -2.92. The zero-order chi connectivity index (χ0) is 19.5. The lowest BCUT2D eigenvalue weighted by Gasteiger charge is -2.32. The Morgan fingerprint density at radius 2 is 1.86 bits per heavy atom. The molecule has 0 fully saturated rings. The van der Waals surface area contributed by atoms with Crippen LogP contribution in [0.25, 0.3) is 5.57 Å². The minimum Gasteiger partial charge on any atom is -0.324 e. The second-order valence-electron chi connectivity index (χ2n) is 7.46. The van der Waals surface area contributed by atoms with Gasteiger partial charge < -0.3 is 10.2 Å². The molecule has 0 aromatic heterocycles. The number of nitrogens with zero attached hydrogens (tertiary/aromatic N) is 2. The molecule has 2 aromatic rings. The maximum absolute atomic E-state index is 13.2. The molecule has 2 aliphatic heterocycles. The summed E-state index contributed by atoms with van der Waals surface area (Å²) in [4.78, 5) is 29.2. The number of fused-ring (bicyclic) bond motifs is 1. The average molecular weight is 375 g/mol. The first kappa shape index (κ1) is 18.4. The predicted octanol–water partition coefficient (Wildman–Crippen LogP) is 3.54. The van der Waals surface area contributed by atoms with Crippen molar-refractivity contribution in [2.75, 3.05) is 29.9 Å². The van der Waals surface area contributed by atoms with Gasteiger partial charge in [-0.15, -0.1) is 0 Å². The summed E-state index contributed by atoms with van der Waals surface area (Å²) in [5, 5.41) is 2.91. The molecule has 0 bridgehead atoms. The van der Waals surface area contributed by atoms with Gasteiger partial charge in [-0.1, -0.05) is 48.5 Å². The number of hydrogen-bond donors (Lipinski definition) is 1. The van der Waals surface area contributed by atoms with Crippen LogP contribution in [0.15, 0.2) is 60.7 Å². The van der Waals surface area contributed by atoms with E-state index in [1.807, 2.05) is 37.3 Å². The van der Waals surface area contributed by atoms with Gasteiger partial charge in [0.2, 0.25) is 11.8 Å². The Balaban J connectivity index is 1.48. The van der Waals surface area contributed by atoms with Crippen LogP contribution in [0.5, 0.6) is 0 Å². The van der Waals surface area contributed by atoms with Gasteiger partial charge in [0, 0.05) is 25.6 Å². The highest BCUT2D eigenvalue weighted by Crippen LogP contribution is 2.31. The summed E-state index contributed by atoms with van der Waals surface area (Å²) in [5.74, 6) is -0.0170. The molecule has 144 valence electrons. The van der Waals surface area contributed by atoms with Crippen LogP contribution in [0, 0.1) is 0 Å². The average Bonchev–Trinajstić information content (AvgIpc) is 2.83. The van der Waals surface area contributed by atoms with Gasteiger partial charge in [0.15, 0.2) is 0 Å². The quantitative estimate of drug-likeness (QED) is 0.893. The highest BCUT2D eigenvalue weighted by molar-refractivity contribution is 6.04. The summed E-state index contributed by atoms with van der Waals surface area (Å²) in [5.41, 5.74) is 4.08. The summed E-state index contributed by atoms with van der Waals surface area (Å²) in [6.45, 7) is 3.90. The summed E-state index contributed by atoms with van der Waals surface area (Å²) < 4.78 is 0. The van der Waals surface area contributed by atoms with Crippen LogP contribution in [-0.2, 0) is 9.59 Å². The first-order valence-corrected chi connectivity index (χ1v) is 9.79. The van der Waals surface area contributed by atoms with Crippen LogP contribution in [0.3, 0.4) is 0 Å². The molecule has 4 rings (SSSR count). The molecule has 2 amide bonds. The van der Waals surface area contributed by atoms with Crippen LogP contribution >= 0.6 is 0 Å². The summed E-state index contributed by atoms with van der Waals surface area (Å²) >= 11 is 0. The third-order valence-electron chi connectivity index (χ3n) is 5.42. The molecule has 0 radical (unpaired) electrons. The van der Waals surface area contributed by atoms with Crippen molar-refractivity contribution >= 4 is 28.8 Å². The fourth-order valence-electron chi connectivity index (χ4n) is 4.00. The molecule has 5 nitrogen and oxygen atoms in total. The third-order valence-corrected chi connectivity index (χ3v) is 5.42. The van der Waals surface area contributed by atoms with Gasteiger partial charge in [0.05, 0.1) is 17.9 Å². The molecular weight excluding hydrogens is 350 g/mol. The van der Waals surface area contributed by atoms with Gasteiger partial charge in [-0.3, -0.25) is 14.5 Å².